The molecule has 0 bridgehead atoms. The minimum atomic E-state index is -3.22. The summed E-state index contributed by atoms with van der Waals surface area (Å²) in [5.74, 6) is -0.853. The van der Waals surface area contributed by atoms with Crippen molar-refractivity contribution in [3.8, 4) is 5.75 Å². The molecule has 1 saturated carbocycles. The Morgan fingerprint density at radius 2 is 1.95 bits per heavy atom. The highest BCUT2D eigenvalue weighted by Crippen LogP contribution is 2.40. The lowest BCUT2D eigenvalue weighted by Crippen LogP contribution is -2.42. The van der Waals surface area contributed by atoms with Crippen LogP contribution in [-0.2, 0) is 0 Å². The third-order valence-electron chi connectivity index (χ3n) is 3.96. The Morgan fingerprint density at radius 3 is 2.50 bits per heavy atom. The number of aliphatic hydroxyl groups is 1. The van der Waals surface area contributed by atoms with Crippen LogP contribution in [0.1, 0.15) is 54.6 Å². The molecule has 0 aromatic heterocycles. The van der Waals surface area contributed by atoms with E-state index in [0.29, 0.717) is 24.2 Å². The van der Waals surface area contributed by atoms with Crippen LogP contribution in [0.15, 0.2) is 24.3 Å². The van der Waals surface area contributed by atoms with Crippen LogP contribution in [0, 0.1) is 0 Å². The molecule has 1 aliphatic carbocycles. The first kappa shape index (κ1) is 7.81. The molecule has 1 aromatic rings. The first-order chi connectivity index (χ1) is 12.7. The molecule has 0 saturated heterocycles. The largest absolute Gasteiger partial charge is 0.497 e. The maximum atomic E-state index is 11.4. The van der Waals surface area contributed by atoms with Crippen LogP contribution in [0.5, 0.6) is 5.75 Å². The number of hydrogen-bond acceptors (Lipinski definition) is 3. The van der Waals surface area contributed by atoms with Gasteiger partial charge in [0.1, 0.15) is 5.75 Å². The molecule has 0 unspecified atom stereocenters. The SMILES string of the molecule is [2H]C([2H])([2H])N(C([2H])([2H])[2H])C([2H])([2H])[C@H](c1ccc(OC)cc1)C1(O)CCCCC1. The summed E-state index contributed by atoms with van der Waals surface area (Å²) in [5, 5.41) is 11.4. The van der Waals surface area contributed by atoms with E-state index in [0.717, 1.165) is 6.42 Å². The summed E-state index contributed by atoms with van der Waals surface area (Å²) < 4.78 is 68.3. The second-order valence-electron chi connectivity index (χ2n) is 5.33. The van der Waals surface area contributed by atoms with Gasteiger partial charge >= 0.3 is 0 Å². The fourth-order valence-corrected chi connectivity index (χ4v) is 2.88. The van der Waals surface area contributed by atoms with Gasteiger partial charge in [-0.1, -0.05) is 31.4 Å². The summed E-state index contributed by atoms with van der Waals surface area (Å²) in [5.41, 5.74) is -1.24. The first-order valence-corrected chi connectivity index (χ1v) is 6.90. The smallest absolute Gasteiger partial charge is 0.118 e. The monoisotopic (exact) mass is 285 g/mol. The number of nitrogens with zero attached hydrogens (tertiary/aromatic N) is 1. The van der Waals surface area contributed by atoms with Gasteiger partial charge in [0.05, 0.1) is 12.7 Å². The highest BCUT2D eigenvalue weighted by molar-refractivity contribution is 5.31. The number of rotatable bonds is 5. The quantitative estimate of drug-likeness (QED) is 0.902. The molecule has 1 atom stereocenters. The van der Waals surface area contributed by atoms with Crippen molar-refractivity contribution in [2.45, 2.75) is 43.6 Å². The molecule has 0 spiro atoms. The van der Waals surface area contributed by atoms with Gasteiger partial charge in [-0.05, 0) is 44.5 Å². The zero-order chi connectivity index (χ0) is 21.4. The van der Waals surface area contributed by atoms with Gasteiger partial charge in [-0.15, -0.1) is 0 Å². The van der Waals surface area contributed by atoms with Crippen LogP contribution in [0.25, 0.3) is 0 Å². The van der Waals surface area contributed by atoms with Crippen LogP contribution < -0.4 is 4.74 Å². The second-order valence-corrected chi connectivity index (χ2v) is 5.33. The van der Waals surface area contributed by atoms with Crippen LogP contribution in [0.2, 0.25) is 0 Å². The Morgan fingerprint density at radius 1 is 1.30 bits per heavy atom. The Kier molecular flexibility index (Phi) is 2.57. The van der Waals surface area contributed by atoms with E-state index in [9.17, 15) is 5.11 Å². The summed E-state index contributed by atoms with van der Waals surface area (Å²) in [6.45, 7) is -9.30. The van der Waals surface area contributed by atoms with Gasteiger partial charge < -0.3 is 14.7 Å². The number of benzene rings is 1. The van der Waals surface area contributed by atoms with E-state index in [-0.39, 0.29) is 17.7 Å². The lowest BCUT2D eigenvalue weighted by molar-refractivity contribution is -0.0277. The number of methoxy groups -OCH3 is 1. The van der Waals surface area contributed by atoms with Gasteiger partial charge in [-0.3, -0.25) is 0 Å². The van der Waals surface area contributed by atoms with E-state index in [1.165, 1.54) is 7.11 Å². The molecule has 1 N–H and O–H groups in total. The summed E-state index contributed by atoms with van der Waals surface area (Å²) in [7, 11) is 1.48. The van der Waals surface area contributed by atoms with Gasteiger partial charge in [0, 0.05) is 23.4 Å². The van der Waals surface area contributed by atoms with E-state index in [2.05, 4.69) is 0 Å². The van der Waals surface area contributed by atoms with E-state index in [1.807, 2.05) is 0 Å². The topological polar surface area (TPSA) is 32.7 Å². The van der Waals surface area contributed by atoms with Crippen molar-refractivity contribution in [2.24, 2.45) is 0 Å². The Bertz CT molecular complexity index is 637. The molecule has 1 aliphatic rings. The zero-order valence-corrected chi connectivity index (χ0v) is 11.7. The fraction of sp³-hybridized carbons (Fsp3) is 0.647. The molecule has 20 heavy (non-hydrogen) atoms. The first-order valence-electron chi connectivity index (χ1n) is 10.9. The van der Waals surface area contributed by atoms with Crippen LogP contribution in [-0.4, -0.2) is 43.2 Å². The molecule has 0 aliphatic heterocycles. The van der Waals surface area contributed by atoms with Gasteiger partial charge in [0.2, 0.25) is 0 Å². The summed E-state index contributed by atoms with van der Waals surface area (Å²) >= 11 is 0. The highest BCUT2D eigenvalue weighted by Gasteiger charge is 2.38. The number of hydrogen-bond donors (Lipinski definition) is 1. The number of likely N-dealkylation sites (N-methyl/N-ethyl adjacent to an activating group) is 1. The predicted molar refractivity (Wildman–Crippen MR) is 82.3 cm³/mol. The van der Waals surface area contributed by atoms with Crippen molar-refractivity contribution in [2.75, 3.05) is 27.6 Å². The summed E-state index contributed by atoms with van der Waals surface area (Å²) in [6.07, 6.45) is 2.71. The van der Waals surface area contributed by atoms with Gasteiger partial charge in [0.25, 0.3) is 0 Å². The van der Waals surface area contributed by atoms with E-state index < -0.39 is 32.0 Å². The van der Waals surface area contributed by atoms with E-state index in [4.69, 9.17) is 15.7 Å². The lowest BCUT2D eigenvalue weighted by Gasteiger charge is -2.40. The van der Waals surface area contributed by atoms with Gasteiger partial charge in [-0.2, -0.15) is 0 Å². The molecular formula is C17H27NO2. The van der Waals surface area contributed by atoms with Crippen LogP contribution >= 0.6 is 0 Å². The fourth-order valence-electron chi connectivity index (χ4n) is 2.88. The van der Waals surface area contributed by atoms with Gasteiger partial charge in [0.15, 0.2) is 0 Å². The maximum Gasteiger partial charge on any atom is 0.118 e. The molecule has 1 fully saturated rings. The summed E-state index contributed by atoms with van der Waals surface area (Å²) in [6, 6.07) is 6.26. The molecule has 2 rings (SSSR count). The molecule has 0 radical (unpaired) electrons. The molecule has 0 heterocycles. The molecular weight excluding hydrogens is 250 g/mol. The summed E-state index contributed by atoms with van der Waals surface area (Å²) in [4.78, 5) is -0.0610. The Balaban J connectivity index is 2.64. The molecule has 1 aromatic carbocycles. The van der Waals surface area contributed by atoms with Gasteiger partial charge in [-0.25, -0.2) is 0 Å². The maximum absolute atomic E-state index is 11.4. The van der Waals surface area contributed by atoms with Crippen molar-refractivity contribution in [1.82, 2.24) is 4.90 Å². The van der Waals surface area contributed by atoms with Crippen molar-refractivity contribution in [3.05, 3.63) is 29.8 Å². The molecule has 3 heteroatoms. The molecule has 0 amide bonds. The average molecular weight is 285 g/mol. The molecule has 3 nitrogen and oxygen atoms in total. The molecule has 112 valence electrons. The average Bonchev–Trinajstić information content (AvgIpc) is 2.52. The van der Waals surface area contributed by atoms with Crippen molar-refractivity contribution in [1.29, 1.82) is 0 Å². The zero-order valence-electron chi connectivity index (χ0n) is 19.7. The standard InChI is InChI=1S/C17H27NO2/c1-18(2)13-16(17(19)11-5-4-6-12-17)14-7-9-15(20-3)10-8-14/h7-10,16,19H,4-6,11-13H2,1-3H3/t16-/m1/s1/i1D3,2D3,13D2. The highest BCUT2D eigenvalue weighted by atomic mass is 16.5. The Hall–Kier alpha value is -1.06. The third kappa shape index (κ3) is 3.53. The lowest BCUT2D eigenvalue weighted by atomic mass is 9.72. The van der Waals surface area contributed by atoms with E-state index in [1.54, 1.807) is 24.3 Å². The Labute approximate surface area is 133 Å². The van der Waals surface area contributed by atoms with E-state index >= 15 is 0 Å². The second kappa shape index (κ2) is 6.59. The van der Waals surface area contributed by atoms with Crippen LogP contribution in [0.3, 0.4) is 0 Å². The van der Waals surface area contributed by atoms with Crippen molar-refractivity contribution in [3.63, 3.8) is 0 Å². The normalized spacial score (nSPS) is 27.8. The predicted octanol–water partition coefficient (Wildman–Crippen LogP) is 3.04. The van der Waals surface area contributed by atoms with Crippen molar-refractivity contribution < 1.29 is 20.8 Å². The van der Waals surface area contributed by atoms with Crippen LogP contribution in [0.4, 0.5) is 0 Å². The number of ether oxygens (including phenoxy) is 1. The third-order valence-corrected chi connectivity index (χ3v) is 3.96. The van der Waals surface area contributed by atoms with Crippen molar-refractivity contribution >= 4 is 0 Å². The minimum absolute atomic E-state index is 0.0610. The minimum Gasteiger partial charge on any atom is -0.497 e.